The number of H-pyrrole nitrogens is 1. The number of hydrogen-bond acceptors (Lipinski definition) is 3. The number of carbonyl (C=O) groups is 1. The van der Waals surface area contributed by atoms with Gasteiger partial charge in [-0.05, 0) is 23.8 Å². The Morgan fingerprint density at radius 1 is 1.24 bits per heavy atom. The minimum atomic E-state index is -0.0305. The van der Waals surface area contributed by atoms with Gasteiger partial charge in [-0.2, -0.15) is 0 Å². The summed E-state index contributed by atoms with van der Waals surface area (Å²) < 4.78 is 5.29. The lowest BCUT2D eigenvalue weighted by molar-refractivity contribution is -0.120. The maximum atomic E-state index is 12.2. The lowest BCUT2D eigenvalue weighted by Crippen LogP contribution is -2.24. The molecule has 0 aliphatic carbocycles. The molecule has 25 heavy (non-hydrogen) atoms. The molecule has 0 saturated carbocycles. The molecule has 5 heteroatoms. The molecule has 1 amide bonds. The van der Waals surface area contributed by atoms with Crippen molar-refractivity contribution in [2.24, 2.45) is 0 Å². The van der Waals surface area contributed by atoms with Crippen LogP contribution in [0.15, 0.2) is 42.5 Å². The highest BCUT2D eigenvalue weighted by Gasteiger charge is 2.09. The number of aromatic nitrogens is 2. The van der Waals surface area contributed by atoms with Gasteiger partial charge in [-0.1, -0.05) is 38.1 Å². The Balaban J connectivity index is 1.64. The Morgan fingerprint density at radius 2 is 2.04 bits per heavy atom. The topological polar surface area (TPSA) is 67.0 Å². The van der Waals surface area contributed by atoms with Crippen LogP contribution in [-0.2, 0) is 17.8 Å². The second kappa shape index (κ2) is 7.38. The Morgan fingerprint density at radius 3 is 2.80 bits per heavy atom. The number of ether oxygens (including phenoxy) is 1. The van der Waals surface area contributed by atoms with Crippen LogP contribution in [0.1, 0.15) is 36.7 Å². The molecule has 0 bridgehead atoms. The van der Waals surface area contributed by atoms with E-state index >= 15 is 0 Å². The van der Waals surface area contributed by atoms with Gasteiger partial charge in [0.2, 0.25) is 5.91 Å². The van der Waals surface area contributed by atoms with Crippen LogP contribution in [0, 0.1) is 0 Å². The molecule has 0 fully saturated rings. The number of aromatic amines is 1. The molecule has 0 aliphatic heterocycles. The van der Waals surface area contributed by atoms with E-state index < -0.39 is 0 Å². The van der Waals surface area contributed by atoms with Crippen LogP contribution in [0.3, 0.4) is 0 Å². The first-order valence-electron chi connectivity index (χ1n) is 8.44. The zero-order chi connectivity index (χ0) is 17.8. The SMILES string of the molecule is COc1ccccc1CC(=O)NCc1ccc2nc(C(C)C)[nH]c2c1. The van der Waals surface area contributed by atoms with Crippen molar-refractivity contribution in [1.82, 2.24) is 15.3 Å². The molecular formula is C20H23N3O2. The smallest absolute Gasteiger partial charge is 0.224 e. The average molecular weight is 337 g/mol. The average Bonchev–Trinajstić information content (AvgIpc) is 3.04. The Kier molecular flexibility index (Phi) is 5.03. The predicted molar refractivity (Wildman–Crippen MR) is 98.7 cm³/mol. The molecule has 0 spiro atoms. The summed E-state index contributed by atoms with van der Waals surface area (Å²) in [7, 11) is 1.61. The van der Waals surface area contributed by atoms with E-state index in [1.807, 2.05) is 42.5 Å². The monoisotopic (exact) mass is 337 g/mol. The summed E-state index contributed by atoms with van der Waals surface area (Å²) in [6.07, 6.45) is 0.299. The lowest BCUT2D eigenvalue weighted by Gasteiger charge is -2.09. The van der Waals surface area contributed by atoms with Gasteiger partial charge < -0.3 is 15.0 Å². The van der Waals surface area contributed by atoms with Gasteiger partial charge in [0.1, 0.15) is 11.6 Å². The predicted octanol–water partition coefficient (Wildman–Crippen LogP) is 3.55. The number of nitrogens with one attached hydrogen (secondary N) is 2. The molecule has 1 aromatic heterocycles. The molecule has 1 heterocycles. The second-order valence-corrected chi connectivity index (χ2v) is 6.39. The Labute approximate surface area is 147 Å². The fourth-order valence-corrected chi connectivity index (χ4v) is 2.75. The zero-order valence-corrected chi connectivity index (χ0v) is 14.8. The van der Waals surface area contributed by atoms with Crippen molar-refractivity contribution in [3.05, 3.63) is 59.4 Å². The van der Waals surface area contributed by atoms with E-state index in [1.165, 1.54) is 0 Å². The molecule has 5 nitrogen and oxygen atoms in total. The minimum Gasteiger partial charge on any atom is -0.496 e. The number of methoxy groups -OCH3 is 1. The number of benzene rings is 2. The van der Waals surface area contributed by atoms with Gasteiger partial charge in [0.05, 0.1) is 24.6 Å². The first-order valence-corrected chi connectivity index (χ1v) is 8.44. The minimum absolute atomic E-state index is 0.0305. The third kappa shape index (κ3) is 3.99. The summed E-state index contributed by atoms with van der Waals surface area (Å²) in [6, 6.07) is 13.6. The van der Waals surface area contributed by atoms with Gasteiger partial charge in [0.25, 0.3) is 0 Å². The van der Waals surface area contributed by atoms with Gasteiger partial charge in [-0.15, -0.1) is 0 Å². The molecule has 2 N–H and O–H groups in total. The maximum Gasteiger partial charge on any atom is 0.224 e. The third-order valence-electron chi connectivity index (χ3n) is 4.14. The highest BCUT2D eigenvalue weighted by atomic mass is 16.5. The standard InChI is InChI=1S/C20H23N3O2/c1-13(2)20-22-16-9-8-14(10-17(16)23-20)12-21-19(24)11-15-6-4-5-7-18(15)25-3/h4-10,13H,11-12H2,1-3H3,(H,21,24)(H,22,23). The van der Waals surface area contributed by atoms with E-state index in [0.29, 0.717) is 18.9 Å². The van der Waals surface area contributed by atoms with Crippen molar-refractivity contribution in [2.75, 3.05) is 7.11 Å². The Bertz CT molecular complexity index is 884. The van der Waals surface area contributed by atoms with Crippen LogP contribution in [0.25, 0.3) is 11.0 Å². The number of imidazole rings is 1. The van der Waals surface area contributed by atoms with Crippen molar-refractivity contribution in [3.8, 4) is 5.75 Å². The van der Waals surface area contributed by atoms with E-state index in [0.717, 1.165) is 33.7 Å². The number of para-hydroxylation sites is 1. The molecule has 0 atom stereocenters. The molecule has 2 aromatic carbocycles. The van der Waals surface area contributed by atoms with Gasteiger partial charge in [-0.25, -0.2) is 4.98 Å². The third-order valence-corrected chi connectivity index (χ3v) is 4.14. The number of amides is 1. The van der Waals surface area contributed by atoms with E-state index in [-0.39, 0.29) is 5.91 Å². The van der Waals surface area contributed by atoms with Gasteiger partial charge in [0, 0.05) is 18.0 Å². The van der Waals surface area contributed by atoms with E-state index in [1.54, 1.807) is 7.11 Å². The molecule has 0 saturated heterocycles. The maximum absolute atomic E-state index is 12.2. The molecule has 3 aromatic rings. The van der Waals surface area contributed by atoms with Crippen LogP contribution in [0.5, 0.6) is 5.75 Å². The molecule has 0 aliphatic rings. The fourth-order valence-electron chi connectivity index (χ4n) is 2.75. The van der Waals surface area contributed by atoms with E-state index in [4.69, 9.17) is 4.74 Å². The van der Waals surface area contributed by atoms with Crippen molar-refractivity contribution >= 4 is 16.9 Å². The van der Waals surface area contributed by atoms with Crippen LogP contribution in [0.2, 0.25) is 0 Å². The van der Waals surface area contributed by atoms with Crippen molar-refractivity contribution < 1.29 is 9.53 Å². The summed E-state index contributed by atoms with van der Waals surface area (Å²) in [6.45, 7) is 4.70. The zero-order valence-electron chi connectivity index (χ0n) is 14.8. The summed E-state index contributed by atoms with van der Waals surface area (Å²) in [4.78, 5) is 20.1. The van der Waals surface area contributed by atoms with E-state index in [9.17, 15) is 4.79 Å². The highest BCUT2D eigenvalue weighted by Crippen LogP contribution is 2.19. The van der Waals surface area contributed by atoms with Crippen molar-refractivity contribution in [2.45, 2.75) is 32.7 Å². The molecule has 130 valence electrons. The number of hydrogen-bond donors (Lipinski definition) is 2. The normalized spacial score (nSPS) is 11.0. The summed E-state index contributed by atoms with van der Waals surface area (Å²) >= 11 is 0. The lowest BCUT2D eigenvalue weighted by atomic mass is 10.1. The molecule has 0 radical (unpaired) electrons. The van der Waals surface area contributed by atoms with Crippen molar-refractivity contribution in [3.63, 3.8) is 0 Å². The van der Waals surface area contributed by atoms with Gasteiger partial charge >= 0.3 is 0 Å². The number of carbonyl (C=O) groups excluding carboxylic acids is 1. The van der Waals surface area contributed by atoms with Crippen LogP contribution in [-0.4, -0.2) is 23.0 Å². The van der Waals surface area contributed by atoms with Crippen LogP contribution >= 0.6 is 0 Å². The number of rotatable bonds is 6. The number of fused-ring (bicyclic) bond motifs is 1. The van der Waals surface area contributed by atoms with Crippen molar-refractivity contribution in [1.29, 1.82) is 0 Å². The first kappa shape index (κ1) is 17.0. The second-order valence-electron chi connectivity index (χ2n) is 6.39. The largest absolute Gasteiger partial charge is 0.496 e. The molecule has 3 rings (SSSR count). The fraction of sp³-hybridized carbons (Fsp3) is 0.300. The summed E-state index contributed by atoms with van der Waals surface area (Å²) in [5.41, 5.74) is 3.88. The number of nitrogens with zero attached hydrogens (tertiary/aromatic N) is 1. The first-order chi connectivity index (χ1) is 12.1. The van der Waals surface area contributed by atoms with Gasteiger partial charge in [0.15, 0.2) is 0 Å². The summed E-state index contributed by atoms with van der Waals surface area (Å²) in [5, 5.41) is 2.96. The summed E-state index contributed by atoms with van der Waals surface area (Å²) in [5.74, 6) is 2.04. The van der Waals surface area contributed by atoms with E-state index in [2.05, 4.69) is 29.1 Å². The van der Waals surface area contributed by atoms with Gasteiger partial charge in [-0.3, -0.25) is 4.79 Å². The van der Waals surface area contributed by atoms with Crippen LogP contribution in [0.4, 0.5) is 0 Å². The quantitative estimate of drug-likeness (QED) is 0.723. The van der Waals surface area contributed by atoms with Crippen LogP contribution < -0.4 is 10.1 Å². The Hall–Kier alpha value is -2.82. The highest BCUT2D eigenvalue weighted by molar-refractivity contribution is 5.80. The molecule has 0 unspecified atom stereocenters. The molecular weight excluding hydrogens is 314 g/mol.